The number of ether oxygens (including phenoxy) is 2. The average molecular weight is 179 g/mol. The second-order valence-electron chi connectivity index (χ2n) is 3.07. The zero-order valence-electron chi connectivity index (χ0n) is 8.55. The lowest BCUT2D eigenvalue weighted by Gasteiger charge is -2.12. The van der Waals surface area contributed by atoms with Crippen LogP contribution in [0.5, 0.6) is 11.5 Å². The Morgan fingerprint density at radius 3 is 2.23 bits per heavy atom. The maximum absolute atomic E-state index is 5.25. The molecule has 0 aliphatic heterocycles. The van der Waals surface area contributed by atoms with E-state index in [0.29, 0.717) is 0 Å². The number of rotatable bonds is 3. The van der Waals surface area contributed by atoms with Gasteiger partial charge in [-0.1, -0.05) is 19.9 Å². The van der Waals surface area contributed by atoms with E-state index in [1.807, 2.05) is 18.2 Å². The number of hydrogen-bond donors (Lipinski definition) is 0. The predicted octanol–water partition coefficient (Wildman–Crippen LogP) is 2.67. The van der Waals surface area contributed by atoms with E-state index in [4.69, 9.17) is 9.47 Å². The highest BCUT2D eigenvalue weighted by Gasteiger charge is 2.08. The van der Waals surface area contributed by atoms with Gasteiger partial charge in [-0.05, 0) is 6.07 Å². The maximum Gasteiger partial charge on any atom is 0.126 e. The molecule has 1 radical (unpaired) electrons. The minimum atomic E-state index is 0.821. The van der Waals surface area contributed by atoms with Crippen LogP contribution in [0.2, 0.25) is 0 Å². The average Bonchev–Trinajstić information content (AvgIpc) is 2.16. The van der Waals surface area contributed by atoms with Crippen molar-refractivity contribution in [1.29, 1.82) is 0 Å². The minimum Gasteiger partial charge on any atom is -0.497 e. The van der Waals surface area contributed by atoms with E-state index >= 15 is 0 Å². The third-order valence-corrected chi connectivity index (χ3v) is 1.95. The summed E-state index contributed by atoms with van der Waals surface area (Å²) in [5, 5.41) is 0. The number of methoxy groups -OCH3 is 2. The van der Waals surface area contributed by atoms with Gasteiger partial charge in [-0.25, -0.2) is 0 Å². The lowest BCUT2D eigenvalue weighted by atomic mass is 10.0. The summed E-state index contributed by atoms with van der Waals surface area (Å²) in [6.07, 6.45) is 0. The van der Waals surface area contributed by atoms with Crippen LogP contribution in [0.3, 0.4) is 0 Å². The van der Waals surface area contributed by atoms with Gasteiger partial charge in [0, 0.05) is 17.5 Å². The molecule has 0 heterocycles. The van der Waals surface area contributed by atoms with E-state index in [9.17, 15) is 0 Å². The fourth-order valence-corrected chi connectivity index (χ4v) is 1.21. The van der Waals surface area contributed by atoms with Gasteiger partial charge in [-0.3, -0.25) is 0 Å². The van der Waals surface area contributed by atoms with E-state index in [2.05, 4.69) is 13.8 Å². The number of hydrogen-bond acceptors (Lipinski definition) is 2. The Morgan fingerprint density at radius 2 is 1.77 bits per heavy atom. The molecule has 71 valence electrons. The van der Waals surface area contributed by atoms with Gasteiger partial charge in [-0.2, -0.15) is 0 Å². The highest BCUT2D eigenvalue weighted by molar-refractivity contribution is 5.46. The highest BCUT2D eigenvalue weighted by Crippen LogP contribution is 2.29. The van der Waals surface area contributed by atoms with Crippen molar-refractivity contribution < 1.29 is 9.47 Å². The van der Waals surface area contributed by atoms with Crippen molar-refractivity contribution in [2.24, 2.45) is 0 Å². The van der Waals surface area contributed by atoms with Gasteiger partial charge in [0.15, 0.2) is 0 Å². The van der Waals surface area contributed by atoms with Crippen LogP contribution in [-0.4, -0.2) is 14.2 Å². The van der Waals surface area contributed by atoms with Gasteiger partial charge in [0.25, 0.3) is 0 Å². The van der Waals surface area contributed by atoms with Crippen molar-refractivity contribution in [2.75, 3.05) is 14.2 Å². The van der Waals surface area contributed by atoms with E-state index in [1.54, 1.807) is 14.2 Å². The van der Waals surface area contributed by atoms with Crippen LogP contribution in [0, 0.1) is 5.92 Å². The van der Waals surface area contributed by atoms with Gasteiger partial charge in [0.1, 0.15) is 11.5 Å². The van der Waals surface area contributed by atoms with Crippen LogP contribution in [0.1, 0.15) is 19.4 Å². The Labute approximate surface area is 79.5 Å². The van der Waals surface area contributed by atoms with Crippen LogP contribution in [0.4, 0.5) is 0 Å². The second kappa shape index (κ2) is 4.17. The van der Waals surface area contributed by atoms with Gasteiger partial charge < -0.3 is 9.47 Å². The largest absolute Gasteiger partial charge is 0.497 e. The van der Waals surface area contributed by atoms with Crippen LogP contribution < -0.4 is 9.47 Å². The van der Waals surface area contributed by atoms with Gasteiger partial charge >= 0.3 is 0 Å². The molecule has 0 atom stereocenters. The topological polar surface area (TPSA) is 18.5 Å². The lowest BCUT2D eigenvalue weighted by Crippen LogP contribution is -1.95. The summed E-state index contributed by atoms with van der Waals surface area (Å²) >= 11 is 0. The SMILES string of the molecule is COc1ccc([C](C)C)c(OC)c1. The highest BCUT2D eigenvalue weighted by atomic mass is 16.5. The molecule has 2 nitrogen and oxygen atoms in total. The Hall–Kier alpha value is -1.18. The Bertz CT molecular complexity index is 279. The summed E-state index contributed by atoms with van der Waals surface area (Å²) in [7, 11) is 3.32. The van der Waals surface area contributed by atoms with Crippen molar-refractivity contribution in [3.8, 4) is 11.5 Å². The molecule has 1 aromatic carbocycles. The third-order valence-electron chi connectivity index (χ3n) is 1.95. The minimum absolute atomic E-state index is 0.821. The van der Waals surface area contributed by atoms with Crippen LogP contribution in [0.25, 0.3) is 0 Å². The van der Waals surface area contributed by atoms with Crippen molar-refractivity contribution in [3.63, 3.8) is 0 Å². The first kappa shape index (κ1) is 9.90. The van der Waals surface area contributed by atoms with Gasteiger partial charge in [-0.15, -0.1) is 0 Å². The summed E-state index contributed by atoms with van der Waals surface area (Å²) in [5.41, 5.74) is 1.13. The molecule has 0 aliphatic carbocycles. The molecule has 0 saturated carbocycles. The van der Waals surface area contributed by atoms with E-state index in [0.717, 1.165) is 17.1 Å². The molecule has 13 heavy (non-hydrogen) atoms. The monoisotopic (exact) mass is 179 g/mol. The van der Waals surface area contributed by atoms with Crippen LogP contribution in [-0.2, 0) is 0 Å². The second-order valence-corrected chi connectivity index (χ2v) is 3.07. The Kier molecular flexibility index (Phi) is 3.18. The summed E-state index contributed by atoms with van der Waals surface area (Å²) in [5.74, 6) is 2.92. The molecule has 2 heteroatoms. The standard InChI is InChI=1S/C11H15O2/c1-8(2)10-6-5-9(12-3)7-11(10)13-4/h5-7H,1-4H3. The normalized spacial score (nSPS) is 10.2. The molecule has 0 saturated heterocycles. The summed E-state index contributed by atoms with van der Waals surface area (Å²) in [6.45, 7) is 4.12. The molecule has 0 unspecified atom stereocenters. The fraction of sp³-hybridized carbons (Fsp3) is 0.364. The zero-order chi connectivity index (χ0) is 9.84. The first-order chi connectivity index (χ1) is 6.19. The predicted molar refractivity (Wildman–Crippen MR) is 53.2 cm³/mol. The van der Waals surface area contributed by atoms with Crippen LogP contribution in [0.15, 0.2) is 18.2 Å². The quantitative estimate of drug-likeness (QED) is 0.710. The lowest BCUT2D eigenvalue weighted by molar-refractivity contribution is 0.392. The fourth-order valence-electron chi connectivity index (χ4n) is 1.21. The maximum atomic E-state index is 5.25. The van der Waals surface area contributed by atoms with Crippen molar-refractivity contribution in [2.45, 2.75) is 13.8 Å². The number of benzene rings is 1. The summed E-state index contributed by atoms with van der Waals surface area (Å²) < 4.78 is 10.4. The molecule has 0 bridgehead atoms. The van der Waals surface area contributed by atoms with Gasteiger partial charge in [0.2, 0.25) is 0 Å². The molecule has 0 fully saturated rings. The molecule has 0 spiro atoms. The molecular formula is C11H15O2. The summed E-state index contributed by atoms with van der Waals surface area (Å²) in [6, 6.07) is 5.83. The molecule has 0 amide bonds. The Balaban J connectivity index is 3.08. The van der Waals surface area contributed by atoms with Crippen molar-refractivity contribution in [3.05, 3.63) is 29.7 Å². The molecule has 0 aliphatic rings. The van der Waals surface area contributed by atoms with E-state index in [1.165, 1.54) is 5.92 Å². The first-order valence-corrected chi connectivity index (χ1v) is 4.21. The molecule has 1 rings (SSSR count). The van der Waals surface area contributed by atoms with E-state index < -0.39 is 0 Å². The van der Waals surface area contributed by atoms with Gasteiger partial charge in [0.05, 0.1) is 14.2 Å². The third kappa shape index (κ3) is 2.14. The summed E-state index contributed by atoms with van der Waals surface area (Å²) in [4.78, 5) is 0. The molecular weight excluding hydrogens is 164 g/mol. The van der Waals surface area contributed by atoms with Crippen molar-refractivity contribution in [1.82, 2.24) is 0 Å². The van der Waals surface area contributed by atoms with Crippen molar-refractivity contribution >= 4 is 0 Å². The molecule has 1 aromatic rings. The molecule has 0 N–H and O–H groups in total. The smallest absolute Gasteiger partial charge is 0.126 e. The molecule has 0 aromatic heterocycles. The van der Waals surface area contributed by atoms with E-state index in [-0.39, 0.29) is 0 Å². The zero-order valence-corrected chi connectivity index (χ0v) is 8.55. The first-order valence-electron chi connectivity index (χ1n) is 4.21. The van der Waals surface area contributed by atoms with Crippen LogP contribution >= 0.6 is 0 Å². The Morgan fingerprint density at radius 1 is 1.08 bits per heavy atom.